The quantitative estimate of drug-likeness (QED) is 0.645. The van der Waals surface area contributed by atoms with Crippen LogP contribution in [-0.2, 0) is 16.6 Å². The minimum Gasteiger partial charge on any atom is -0.468 e. The summed E-state index contributed by atoms with van der Waals surface area (Å²) >= 11 is 3.12. The molecule has 0 radical (unpaired) electrons. The van der Waals surface area contributed by atoms with E-state index in [1.54, 1.807) is 24.9 Å². The molecule has 1 N–H and O–H groups in total. The van der Waals surface area contributed by atoms with E-state index in [9.17, 15) is 9.59 Å². The van der Waals surface area contributed by atoms with Gasteiger partial charge in [-0.15, -0.1) is 0 Å². The highest BCUT2D eigenvalue weighted by atomic mass is 79.9. The number of aryl methyl sites for hydroxylation is 2. The van der Waals surface area contributed by atoms with Gasteiger partial charge in [-0.3, -0.25) is 14.3 Å². The summed E-state index contributed by atoms with van der Waals surface area (Å²) in [6.45, 7) is 1.92. The Balaban J connectivity index is 2.56. The van der Waals surface area contributed by atoms with Gasteiger partial charge in [-0.25, -0.2) is 0 Å². The van der Waals surface area contributed by atoms with E-state index in [2.05, 4.69) is 31.1 Å². The summed E-state index contributed by atoms with van der Waals surface area (Å²) in [7, 11) is 3.04. The summed E-state index contributed by atoms with van der Waals surface area (Å²) in [5.74, 6) is -0.683. The zero-order valence-corrected chi connectivity index (χ0v) is 11.4. The number of methoxy groups -OCH3 is 1. The smallest absolute Gasteiger partial charge is 0.321 e. The fraction of sp³-hybridized carbons (Fsp3) is 0.500. The van der Waals surface area contributed by atoms with Gasteiger partial charge in [0.25, 0.3) is 5.91 Å². The predicted molar refractivity (Wildman–Crippen MR) is 65.0 cm³/mol. The third-order valence-electron chi connectivity index (χ3n) is 2.16. The van der Waals surface area contributed by atoms with Crippen molar-refractivity contribution in [3.63, 3.8) is 0 Å². The van der Waals surface area contributed by atoms with Crippen molar-refractivity contribution in [2.24, 2.45) is 7.05 Å². The van der Waals surface area contributed by atoms with Crippen LogP contribution in [0.5, 0.6) is 0 Å². The highest BCUT2D eigenvalue weighted by molar-refractivity contribution is 9.10. The van der Waals surface area contributed by atoms with E-state index >= 15 is 0 Å². The van der Waals surface area contributed by atoms with Gasteiger partial charge in [-0.05, 0) is 6.92 Å². The number of esters is 1. The second-order valence-electron chi connectivity index (χ2n) is 3.50. The van der Waals surface area contributed by atoms with Crippen molar-refractivity contribution in [3.8, 4) is 0 Å². The molecule has 7 heteroatoms. The molecule has 0 fully saturated rings. The average Bonchev–Trinajstić information content (AvgIpc) is 2.63. The largest absolute Gasteiger partial charge is 0.468 e. The number of hydrogen-bond acceptors (Lipinski definition) is 4. The van der Waals surface area contributed by atoms with Crippen molar-refractivity contribution < 1.29 is 14.3 Å². The minimum atomic E-state index is -0.548. The molecule has 0 saturated heterocycles. The van der Waals surface area contributed by atoms with Crippen LogP contribution >= 0.6 is 15.9 Å². The number of carbonyl (C=O) groups is 2. The molecule has 1 atom stereocenters. The highest BCUT2D eigenvalue weighted by Crippen LogP contribution is 2.05. The van der Waals surface area contributed by atoms with Gasteiger partial charge in [0.2, 0.25) is 0 Å². The summed E-state index contributed by atoms with van der Waals surface area (Å²) < 4.78 is 6.09. The van der Waals surface area contributed by atoms with Crippen molar-refractivity contribution in [1.82, 2.24) is 15.1 Å². The molecule has 17 heavy (non-hydrogen) atoms. The number of ether oxygens (including phenoxy) is 1. The van der Waals surface area contributed by atoms with Gasteiger partial charge in [0, 0.05) is 19.8 Å². The Morgan fingerprint density at radius 3 is 2.76 bits per heavy atom. The number of amides is 1. The molecular weight excluding hydrogens is 290 g/mol. The van der Waals surface area contributed by atoms with E-state index in [-0.39, 0.29) is 12.5 Å². The zero-order chi connectivity index (χ0) is 13.0. The number of carbonyl (C=O) groups excluding carboxylic acids is 2. The van der Waals surface area contributed by atoms with Crippen LogP contribution < -0.4 is 5.32 Å². The lowest BCUT2D eigenvalue weighted by molar-refractivity contribution is -0.139. The van der Waals surface area contributed by atoms with Crippen LogP contribution in [0.25, 0.3) is 0 Å². The summed E-state index contributed by atoms with van der Waals surface area (Å²) in [6, 6.07) is 0. The number of hydrogen-bond donors (Lipinski definition) is 1. The first-order valence-corrected chi connectivity index (χ1v) is 5.87. The van der Waals surface area contributed by atoms with Gasteiger partial charge in [0.15, 0.2) is 0 Å². The van der Waals surface area contributed by atoms with E-state index in [0.29, 0.717) is 11.3 Å². The maximum absolute atomic E-state index is 11.8. The Kier molecular flexibility index (Phi) is 4.68. The van der Waals surface area contributed by atoms with Gasteiger partial charge >= 0.3 is 5.97 Å². The third-order valence-corrected chi connectivity index (χ3v) is 2.85. The molecule has 1 unspecified atom stereocenters. The van der Waals surface area contributed by atoms with E-state index < -0.39 is 10.8 Å². The molecule has 0 aliphatic carbocycles. The normalized spacial score (nSPS) is 12.0. The van der Waals surface area contributed by atoms with Crippen molar-refractivity contribution in [2.45, 2.75) is 11.8 Å². The first-order chi connectivity index (χ1) is 7.95. The average molecular weight is 304 g/mol. The Bertz CT molecular complexity index is 430. The molecule has 0 saturated carbocycles. The van der Waals surface area contributed by atoms with Gasteiger partial charge in [-0.2, -0.15) is 5.10 Å². The molecule has 94 valence electrons. The Morgan fingerprint density at radius 1 is 1.65 bits per heavy atom. The lowest BCUT2D eigenvalue weighted by Crippen LogP contribution is -2.34. The monoisotopic (exact) mass is 303 g/mol. The molecule has 0 spiro atoms. The topological polar surface area (TPSA) is 73.2 Å². The molecule has 1 aromatic heterocycles. The fourth-order valence-electron chi connectivity index (χ4n) is 1.31. The van der Waals surface area contributed by atoms with Crippen LogP contribution in [0.2, 0.25) is 0 Å². The maximum atomic E-state index is 11.8. The summed E-state index contributed by atoms with van der Waals surface area (Å²) in [5, 5.41) is 6.69. The van der Waals surface area contributed by atoms with Crippen molar-refractivity contribution in [1.29, 1.82) is 0 Å². The molecule has 1 heterocycles. The van der Waals surface area contributed by atoms with Crippen LogP contribution in [-0.4, -0.2) is 40.1 Å². The molecule has 1 rings (SSSR count). The minimum absolute atomic E-state index is 0.167. The van der Waals surface area contributed by atoms with Crippen LogP contribution in [0.4, 0.5) is 0 Å². The maximum Gasteiger partial charge on any atom is 0.321 e. The van der Waals surface area contributed by atoms with Crippen molar-refractivity contribution in [3.05, 3.63) is 17.5 Å². The van der Waals surface area contributed by atoms with E-state index in [4.69, 9.17) is 0 Å². The SMILES string of the molecule is COC(=O)C(Br)CNC(=O)c1cn(C)nc1C. The Morgan fingerprint density at radius 2 is 2.29 bits per heavy atom. The van der Waals surface area contributed by atoms with Gasteiger partial charge in [-0.1, -0.05) is 15.9 Å². The van der Waals surface area contributed by atoms with Crippen molar-refractivity contribution in [2.75, 3.05) is 13.7 Å². The Labute approximate surface area is 107 Å². The molecule has 1 amide bonds. The number of nitrogens with one attached hydrogen (secondary N) is 1. The number of nitrogens with zero attached hydrogens (tertiary/aromatic N) is 2. The standard InChI is InChI=1S/C10H14BrN3O3/c1-6-7(5-14(2)13-6)9(15)12-4-8(11)10(16)17-3/h5,8H,4H2,1-3H3,(H,12,15). The van der Waals surface area contributed by atoms with Crippen molar-refractivity contribution >= 4 is 27.8 Å². The van der Waals surface area contributed by atoms with Crippen LogP contribution in [0.15, 0.2) is 6.20 Å². The summed E-state index contributed by atoms with van der Waals surface area (Å²) in [5.41, 5.74) is 1.14. The third kappa shape index (κ3) is 3.55. The van der Waals surface area contributed by atoms with E-state index in [1.807, 2.05) is 0 Å². The molecule has 0 bridgehead atoms. The number of rotatable bonds is 4. The highest BCUT2D eigenvalue weighted by Gasteiger charge is 2.18. The van der Waals surface area contributed by atoms with Crippen LogP contribution in [0, 0.1) is 6.92 Å². The number of alkyl halides is 1. The fourth-order valence-corrected chi connectivity index (χ4v) is 1.66. The second kappa shape index (κ2) is 5.81. The van der Waals surface area contributed by atoms with E-state index in [0.717, 1.165) is 0 Å². The number of halogens is 1. The Hall–Kier alpha value is -1.37. The van der Waals surface area contributed by atoms with Crippen LogP contribution in [0.1, 0.15) is 16.1 Å². The van der Waals surface area contributed by atoms with E-state index in [1.165, 1.54) is 7.11 Å². The van der Waals surface area contributed by atoms with Gasteiger partial charge < -0.3 is 10.1 Å². The molecule has 6 nitrogen and oxygen atoms in total. The molecule has 0 aromatic carbocycles. The van der Waals surface area contributed by atoms with Gasteiger partial charge in [0.1, 0.15) is 4.83 Å². The molecule has 0 aliphatic heterocycles. The second-order valence-corrected chi connectivity index (χ2v) is 4.61. The molecule has 1 aromatic rings. The van der Waals surface area contributed by atoms with Gasteiger partial charge in [0.05, 0.1) is 18.4 Å². The summed E-state index contributed by atoms with van der Waals surface area (Å²) in [6.07, 6.45) is 1.63. The van der Waals surface area contributed by atoms with Crippen LogP contribution in [0.3, 0.4) is 0 Å². The molecule has 0 aliphatic rings. The lowest BCUT2D eigenvalue weighted by Gasteiger charge is -2.08. The lowest BCUT2D eigenvalue weighted by atomic mass is 10.2. The summed E-state index contributed by atoms with van der Waals surface area (Å²) in [4.78, 5) is 22.3. The molecular formula is C10H14BrN3O3. The number of aromatic nitrogens is 2. The first-order valence-electron chi connectivity index (χ1n) is 4.96. The zero-order valence-electron chi connectivity index (χ0n) is 9.86. The first kappa shape index (κ1) is 13.7. The predicted octanol–water partition coefficient (Wildman–Crippen LogP) is 0.395.